The number of aryl methyl sites for hydroxylation is 2. The van der Waals surface area contributed by atoms with E-state index in [-0.39, 0.29) is 17.9 Å². The number of rotatable bonds is 4. The van der Waals surface area contributed by atoms with Crippen molar-refractivity contribution in [1.29, 1.82) is 0 Å². The van der Waals surface area contributed by atoms with E-state index in [0.29, 0.717) is 31.0 Å². The Balaban J connectivity index is 1.63. The van der Waals surface area contributed by atoms with Crippen LogP contribution in [0, 0.1) is 19.8 Å². The van der Waals surface area contributed by atoms with Crippen LogP contribution in [0.15, 0.2) is 23.0 Å². The van der Waals surface area contributed by atoms with Crippen molar-refractivity contribution in [2.75, 3.05) is 13.2 Å². The van der Waals surface area contributed by atoms with Crippen molar-refractivity contribution in [3.63, 3.8) is 0 Å². The van der Waals surface area contributed by atoms with Crippen molar-refractivity contribution in [3.8, 4) is 0 Å². The highest BCUT2D eigenvalue weighted by molar-refractivity contribution is 5.93. The molecule has 22 heavy (non-hydrogen) atoms. The molecule has 0 radical (unpaired) electrons. The SMILES string of the molecule is Cc1cc(C[C@H]2COC[C@H]2NC(=O)c2cnc(C)nc2)on1. The van der Waals surface area contributed by atoms with Crippen molar-refractivity contribution in [1.82, 2.24) is 20.4 Å². The van der Waals surface area contributed by atoms with Crippen LogP contribution in [0.5, 0.6) is 0 Å². The molecule has 1 amide bonds. The molecule has 1 aliphatic rings. The van der Waals surface area contributed by atoms with E-state index >= 15 is 0 Å². The summed E-state index contributed by atoms with van der Waals surface area (Å²) in [6, 6.07) is 1.85. The van der Waals surface area contributed by atoms with E-state index in [1.54, 1.807) is 6.92 Å². The Labute approximate surface area is 128 Å². The van der Waals surface area contributed by atoms with Gasteiger partial charge in [0.15, 0.2) is 0 Å². The zero-order valence-electron chi connectivity index (χ0n) is 12.6. The normalized spacial score (nSPS) is 21.0. The van der Waals surface area contributed by atoms with Gasteiger partial charge >= 0.3 is 0 Å². The van der Waals surface area contributed by atoms with Gasteiger partial charge in [0.05, 0.1) is 30.5 Å². The van der Waals surface area contributed by atoms with Gasteiger partial charge in [-0.25, -0.2) is 9.97 Å². The van der Waals surface area contributed by atoms with Crippen molar-refractivity contribution >= 4 is 5.91 Å². The van der Waals surface area contributed by atoms with E-state index in [1.165, 1.54) is 12.4 Å². The fraction of sp³-hybridized carbons (Fsp3) is 0.467. The molecule has 0 aromatic carbocycles. The number of nitrogens with one attached hydrogen (secondary N) is 1. The van der Waals surface area contributed by atoms with E-state index in [2.05, 4.69) is 20.4 Å². The van der Waals surface area contributed by atoms with Crippen LogP contribution in [0.3, 0.4) is 0 Å². The largest absolute Gasteiger partial charge is 0.379 e. The first-order chi connectivity index (χ1) is 10.6. The Bertz CT molecular complexity index is 653. The van der Waals surface area contributed by atoms with Crippen molar-refractivity contribution < 1.29 is 14.1 Å². The molecule has 0 aliphatic carbocycles. The standard InChI is InChI=1S/C15H18N4O3/c1-9-3-13(22-19-9)4-11-7-21-8-14(11)18-15(20)12-5-16-10(2)17-6-12/h3,5-6,11,14H,4,7-8H2,1-2H3,(H,18,20)/t11-,14+/m0/s1. The Morgan fingerprint density at radius 2 is 2.09 bits per heavy atom. The molecule has 2 aromatic rings. The molecule has 116 valence electrons. The number of carbonyl (C=O) groups excluding carboxylic acids is 1. The highest BCUT2D eigenvalue weighted by Crippen LogP contribution is 2.20. The lowest BCUT2D eigenvalue weighted by Gasteiger charge is -2.17. The second-order valence-electron chi connectivity index (χ2n) is 5.54. The first kappa shape index (κ1) is 14.6. The summed E-state index contributed by atoms with van der Waals surface area (Å²) in [4.78, 5) is 20.3. The second-order valence-corrected chi connectivity index (χ2v) is 5.54. The Morgan fingerprint density at radius 3 is 2.77 bits per heavy atom. The molecule has 7 nitrogen and oxygen atoms in total. The van der Waals surface area contributed by atoms with E-state index in [4.69, 9.17) is 9.26 Å². The quantitative estimate of drug-likeness (QED) is 0.908. The maximum Gasteiger partial charge on any atom is 0.254 e. The van der Waals surface area contributed by atoms with Crippen LogP contribution in [0.2, 0.25) is 0 Å². The third-order valence-corrected chi connectivity index (χ3v) is 3.70. The number of hydrogen-bond acceptors (Lipinski definition) is 6. The topological polar surface area (TPSA) is 90.1 Å². The van der Waals surface area contributed by atoms with Crippen LogP contribution < -0.4 is 5.32 Å². The minimum absolute atomic E-state index is 0.0563. The second kappa shape index (κ2) is 6.23. The van der Waals surface area contributed by atoms with E-state index in [0.717, 1.165) is 11.5 Å². The summed E-state index contributed by atoms with van der Waals surface area (Å²) < 4.78 is 10.7. The smallest absolute Gasteiger partial charge is 0.254 e. The van der Waals surface area contributed by atoms with Crippen LogP contribution in [0.4, 0.5) is 0 Å². The van der Waals surface area contributed by atoms with Gasteiger partial charge in [-0.3, -0.25) is 4.79 Å². The summed E-state index contributed by atoms with van der Waals surface area (Å²) >= 11 is 0. The average molecular weight is 302 g/mol. The molecule has 7 heteroatoms. The lowest BCUT2D eigenvalue weighted by atomic mass is 9.98. The molecular weight excluding hydrogens is 284 g/mol. The molecule has 1 saturated heterocycles. The van der Waals surface area contributed by atoms with Gasteiger partial charge in [0.25, 0.3) is 5.91 Å². The van der Waals surface area contributed by atoms with Gasteiger partial charge in [-0.05, 0) is 13.8 Å². The minimum atomic E-state index is -0.186. The summed E-state index contributed by atoms with van der Waals surface area (Å²) in [5.41, 5.74) is 1.30. The first-order valence-corrected chi connectivity index (χ1v) is 7.21. The fourth-order valence-corrected chi connectivity index (χ4v) is 2.49. The summed E-state index contributed by atoms with van der Waals surface area (Å²) in [5, 5.41) is 6.87. The highest BCUT2D eigenvalue weighted by atomic mass is 16.5. The summed E-state index contributed by atoms with van der Waals surface area (Å²) in [6.45, 7) is 4.75. The van der Waals surface area contributed by atoms with Gasteiger partial charge in [-0.15, -0.1) is 0 Å². The highest BCUT2D eigenvalue weighted by Gasteiger charge is 2.31. The zero-order valence-corrected chi connectivity index (χ0v) is 12.6. The molecule has 0 saturated carbocycles. The third kappa shape index (κ3) is 3.30. The van der Waals surface area contributed by atoms with Crippen molar-refractivity contribution in [3.05, 3.63) is 41.3 Å². The fourth-order valence-electron chi connectivity index (χ4n) is 2.49. The summed E-state index contributed by atoms with van der Waals surface area (Å²) in [6.07, 6.45) is 3.75. The van der Waals surface area contributed by atoms with Crippen molar-refractivity contribution in [2.45, 2.75) is 26.3 Å². The number of carbonyl (C=O) groups is 1. The molecule has 3 heterocycles. The van der Waals surface area contributed by atoms with Gasteiger partial charge in [0, 0.05) is 30.8 Å². The van der Waals surface area contributed by atoms with Gasteiger partial charge in [-0.2, -0.15) is 0 Å². The third-order valence-electron chi connectivity index (χ3n) is 3.70. The number of hydrogen-bond donors (Lipinski definition) is 1. The zero-order chi connectivity index (χ0) is 15.5. The minimum Gasteiger partial charge on any atom is -0.379 e. The van der Waals surface area contributed by atoms with Gasteiger partial charge in [0.1, 0.15) is 11.6 Å². The predicted octanol–water partition coefficient (Wildman–Crippen LogP) is 1.07. The molecule has 1 fully saturated rings. The van der Waals surface area contributed by atoms with Crippen LogP contribution in [0.1, 0.15) is 27.6 Å². The molecule has 0 unspecified atom stereocenters. The Hall–Kier alpha value is -2.28. The summed E-state index contributed by atoms with van der Waals surface area (Å²) in [5.74, 6) is 1.43. The molecule has 2 aromatic heterocycles. The van der Waals surface area contributed by atoms with Crippen LogP contribution >= 0.6 is 0 Å². The maximum absolute atomic E-state index is 12.2. The average Bonchev–Trinajstić information content (AvgIpc) is 3.10. The number of ether oxygens (including phenoxy) is 1. The molecule has 1 N–H and O–H groups in total. The van der Waals surface area contributed by atoms with Crippen LogP contribution in [-0.4, -0.2) is 40.3 Å². The van der Waals surface area contributed by atoms with Gasteiger partial charge in [0.2, 0.25) is 0 Å². The predicted molar refractivity (Wildman–Crippen MR) is 77.3 cm³/mol. The molecular formula is C15H18N4O3. The van der Waals surface area contributed by atoms with Crippen LogP contribution in [-0.2, 0) is 11.2 Å². The van der Waals surface area contributed by atoms with E-state index in [1.807, 2.05) is 13.0 Å². The van der Waals surface area contributed by atoms with Gasteiger partial charge < -0.3 is 14.6 Å². The number of aromatic nitrogens is 3. The van der Waals surface area contributed by atoms with Crippen molar-refractivity contribution in [2.24, 2.45) is 5.92 Å². The van der Waals surface area contributed by atoms with Crippen LogP contribution in [0.25, 0.3) is 0 Å². The molecule has 1 aliphatic heterocycles. The number of nitrogens with zero attached hydrogens (tertiary/aromatic N) is 3. The maximum atomic E-state index is 12.2. The molecule has 2 atom stereocenters. The Kier molecular flexibility index (Phi) is 4.15. The number of amides is 1. The lowest BCUT2D eigenvalue weighted by Crippen LogP contribution is -2.40. The van der Waals surface area contributed by atoms with E-state index in [9.17, 15) is 4.79 Å². The monoisotopic (exact) mass is 302 g/mol. The first-order valence-electron chi connectivity index (χ1n) is 7.21. The molecule has 0 spiro atoms. The van der Waals surface area contributed by atoms with Gasteiger partial charge in [-0.1, -0.05) is 5.16 Å². The summed E-state index contributed by atoms with van der Waals surface area (Å²) in [7, 11) is 0. The molecule has 0 bridgehead atoms. The van der Waals surface area contributed by atoms with E-state index < -0.39 is 0 Å². The Morgan fingerprint density at radius 1 is 1.32 bits per heavy atom. The molecule has 3 rings (SSSR count). The lowest BCUT2D eigenvalue weighted by molar-refractivity contribution is 0.0923.